The molecule has 5 rings (SSSR count). The second kappa shape index (κ2) is 13.4. The van der Waals surface area contributed by atoms with Gasteiger partial charge in [-0.1, -0.05) is 30.3 Å². The van der Waals surface area contributed by atoms with Crippen LogP contribution in [0.15, 0.2) is 96.6 Å². The fourth-order valence-corrected chi connectivity index (χ4v) is 5.52. The van der Waals surface area contributed by atoms with Crippen LogP contribution in [0.1, 0.15) is 22.3 Å². The third kappa shape index (κ3) is 6.83. The lowest BCUT2D eigenvalue weighted by atomic mass is 10.1. The molecule has 0 aliphatic rings. The summed E-state index contributed by atoms with van der Waals surface area (Å²) in [6.45, 7) is 0.176. The monoisotopic (exact) mass is 637 g/mol. The predicted octanol–water partition coefficient (Wildman–Crippen LogP) is 3.04. The van der Waals surface area contributed by atoms with Gasteiger partial charge in [-0.25, -0.2) is 13.2 Å². The molecule has 45 heavy (non-hydrogen) atoms. The number of nitrogens with zero attached hydrogens (tertiary/aromatic N) is 2. The highest BCUT2D eigenvalue weighted by Crippen LogP contribution is 2.32. The Hall–Kier alpha value is -5.57. The van der Waals surface area contributed by atoms with E-state index in [2.05, 4.69) is 15.1 Å². The van der Waals surface area contributed by atoms with E-state index in [9.17, 15) is 23.2 Å². The van der Waals surface area contributed by atoms with Crippen LogP contribution in [0.3, 0.4) is 0 Å². The molecule has 2 heterocycles. The first-order valence-corrected chi connectivity index (χ1v) is 14.9. The lowest BCUT2D eigenvalue weighted by Gasteiger charge is -2.12. The van der Waals surface area contributed by atoms with Crippen LogP contribution in [-0.4, -0.2) is 46.9 Å². The lowest BCUT2D eigenvalue weighted by molar-refractivity contribution is -0.832. The van der Waals surface area contributed by atoms with Crippen molar-refractivity contribution in [3.8, 4) is 23.1 Å². The molecule has 0 spiro atoms. The normalized spacial score (nSPS) is 11.2. The van der Waals surface area contributed by atoms with Gasteiger partial charge in [0, 0.05) is 24.4 Å². The van der Waals surface area contributed by atoms with E-state index >= 15 is 0 Å². The lowest BCUT2D eigenvalue weighted by Crippen LogP contribution is -2.31. The van der Waals surface area contributed by atoms with Gasteiger partial charge in [0.2, 0.25) is 0 Å². The molecule has 0 radical (unpaired) electrons. The van der Waals surface area contributed by atoms with Crippen molar-refractivity contribution in [2.75, 3.05) is 27.4 Å². The molecule has 1 N–H and O–H groups in total. The minimum Gasteiger partial charge on any atom is -0.497 e. The maximum atomic E-state index is 12.9. The number of aromatic nitrogens is 2. The Bertz CT molecular complexity index is 1970. The van der Waals surface area contributed by atoms with Crippen molar-refractivity contribution < 1.29 is 46.1 Å². The molecular weight excluding hydrogens is 610 g/mol. The first-order valence-electron chi connectivity index (χ1n) is 13.4. The van der Waals surface area contributed by atoms with Crippen LogP contribution in [0.25, 0.3) is 11.0 Å². The average Bonchev–Trinajstić information content (AvgIpc) is 3.44. The summed E-state index contributed by atoms with van der Waals surface area (Å²) < 4.78 is 57.4. The van der Waals surface area contributed by atoms with Gasteiger partial charge in [0.25, 0.3) is 15.7 Å². The van der Waals surface area contributed by atoms with Crippen molar-refractivity contribution in [3.05, 3.63) is 99.6 Å². The van der Waals surface area contributed by atoms with E-state index in [0.717, 1.165) is 5.56 Å². The van der Waals surface area contributed by atoms with Crippen LogP contribution in [0, 0.1) is 5.21 Å². The first kappa shape index (κ1) is 30.9. The van der Waals surface area contributed by atoms with E-state index in [-0.39, 0.29) is 52.9 Å². The van der Waals surface area contributed by atoms with Crippen molar-refractivity contribution in [1.82, 2.24) is 10.5 Å². The van der Waals surface area contributed by atoms with Crippen molar-refractivity contribution in [2.45, 2.75) is 22.9 Å². The predicted molar refractivity (Wildman–Crippen MR) is 156 cm³/mol. The molecule has 15 heteroatoms. The summed E-state index contributed by atoms with van der Waals surface area (Å²) in [4.78, 5) is 25.1. The number of hydrogen-bond donors (Lipinski definition) is 1. The molecule has 0 saturated carbocycles. The summed E-state index contributed by atoms with van der Waals surface area (Å²) in [7, 11) is -1.26. The topological polar surface area (TPSA) is 183 Å². The third-order valence-corrected chi connectivity index (χ3v) is 8.24. The maximum Gasteiger partial charge on any atom is 0.414 e. The van der Waals surface area contributed by atoms with E-state index in [0.29, 0.717) is 16.9 Å². The third-order valence-electron chi connectivity index (χ3n) is 6.51. The number of carbonyl (C=O) groups excluding carboxylic acids is 1. The number of sulfone groups is 1. The number of amides is 1. The number of benzene rings is 3. The fraction of sp³-hybridized carbons (Fsp3) is 0.200. The van der Waals surface area contributed by atoms with Gasteiger partial charge in [-0.3, -0.25) is 9.42 Å². The number of nitrogens with one attached hydrogen (secondary N) is 1. The molecule has 234 valence electrons. The van der Waals surface area contributed by atoms with Crippen LogP contribution in [0.5, 0.6) is 23.1 Å². The van der Waals surface area contributed by atoms with Crippen LogP contribution < -0.4 is 34.8 Å². The Kier molecular flexibility index (Phi) is 9.18. The largest absolute Gasteiger partial charge is 0.497 e. The SMILES string of the molecule is COc1ccc(CNC(=O)c2cc3cc(OC)c(OCCCOc4no[n+]([O-])c4S(=O)(=O)c4ccccc4)cc3oc2=O)cc1. The van der Waals surface area contributed by atoms with Crippen LogP contribution in [-0.2, 0) is 16.4 Å². The van der Waals surface area contributed by atoms with E-state index in [1.807, 2.05) is 0 Å². The summed E-state index contributed by atoms with van der Waals surface area (Å²) in [5.41, 5.74) is -0.0263. The highest BCUT2D eigenvalue weighted by Gasteiger charge is 2.35. The zero-order valence-corrected chi connectivity index (χ0v) is 24.9. The minimum atomic E-state index is -4.25. The quantitative estimate of drug-likeness (QED) is 0.113. The molecule has 0 fully saturated rings. The van der Waals surface area contributed by atoms with Crippen molar-refractivity contribution >= 4 is 26.7 Å². The molecule has 0 unspecified atom stereocenters. The molecule has 2 aromatic heterocycles. The number of ether oxygens (including phenoxy) is 4. The second-order valence-corrected chi connectivity index (χ2v) is 11.3. The maximum absolute atomic E-state index is 12.9. The van der Waals surface area contributed by atoms with Gasteiger partial charge in [0.15, 0.2) is 11.5 Å². The molecule has 0 saturated heterocycles. The van der Waals surface area contributed by atoms with Gasteiger partial charge in [0.05, 0.1) is 37.5 Å². The van der Waals surface area contributed by atoms with Crippen LogP contribution in [0.4, 0.5) is 0 Å². The molecule has 0 atom stereocenters. The minimum absolute atomic E-state index is 0.0634. The number of rotatable bonds is 13. The molecule has 5 aromatic rings. The van der Waals surface area contributed by atoms with Crippen LogP contribution in [0.2, 0.25) is 0 Å². The molecule has 14 nitrogen and oxygen atoms in total. The number of carbonyl (C=O) groups is 1. The summed E-state index contributed by atoms with van der Waals surface area (Å²) in [5.74, 6) is 0.150. The fourth-order valence-electron chi connectivity index (χ4n) is 4.23. The number of hydrogen-bond acceptors (Lipinski definition) is 12. The second-order valence-electron chi connectivity index (χ2n) is 9.43. The van der Waals surface area contributed by atoms with E-state index < -0.39 is 32.3 Å². The number of methoxy groups -OCH3 is 2. The van der Waals surface area contributed by atoms with Gasteiger partial charge in [0.1, 0.15) is 16.9 Å². The highest BCUT2D eigenvalue weighted by molar-refractivity contribution is 7.91. The Morgan fingerprint density at radius 2 is 1.69 bits per heavy atom. The Morgan fingerprint density at radius 3 is 2.40 bits per heavy atom. The summed E-state index contributed by atoms with van der Waals surface area (Å²) in [6.07, 6.45) is 0.231. The summed E-state index contributed by atoms with van der Waals surface area (Å²) in [6, 6.07) is 18.9. The highest BCUT2D eigenvalue weighted by atomic mass is 32.2. The first-order chi connectivity index (χ1) is 21.7. The van der Waals surface area contributed by atoms with Gasteiger partial charge in [-0.2, -0.15) is 0 Å². The molecular formula is C30H27N3O11S. The Balaban J connectivity index is 1.21. The molecule has 3 aromatic carbocycles. The van der Waals surface area contributed by atoms with E-state index in [1.54, 1.807) is 43.5 Å². The van der Waals surface area contributed by atoms with Gasteiger partial charge >= 0.3 is 16.5 Å². The Morgan fingerprint density at radius 1 is 0.956 bits per heavy atom. The molecule has 1 amide bonds. The summed E-state index contributed by atoms with van der Waals surface area (Å²) in [5, 5.41) is 17.8. The number of fused-ring (bicyclic) bond motifs is 1. The average molecular weight is 638 g/mol. The van der Waals surface area contributed by atoms with Crippen LogP contribution >= 0.6 is 0 Å². The zero-order valence-electron chi connectivity index (χ0n) is 24.1. The zero-order chi connectivity index (χ0) is 32.0. The standard InChI is InChI=1S/C30H27N3O11S/c1-39-21-11-9-19(10-12-21)18-31-27(34)23-15-20-16-25(40-2)26(17-24(20)43-30(23)35)41-13-6-14-42-28-29(33(36)44-32-28)45(37,38)22-7-4-3-5-8-22/h3-5,7-12,15-17H,6,13-14,18H2,1-2H3,(H,31,34). The summed E-state index contributed by atoms with van der Waals surface area (Å²) >= 11 is 0. The van der Waals surface area contributed by atoms with Crippen molar-refractivity contribution in [2.24, 2.45) is 0 Å². The smallest absolute Gasteiger partial charge is 0.414 e. The molecule has 0 aliphatic carbocycles. The van der Waals surface area contributed by atoms with E-state index in [4.69, 9.17) is 23.4 Å². The van der Waals surface area contributed by atoms with Gasteiger partial charge in [-0.15, -0.1) is 0 Å². The van der Waals surface area contributed by atoms with Crippen molar-refractivity contribution in [3.63, 3.8) is 0 Å². The van der Waals surface area contributed by atoms with Gasteiger partial charge in [-0.05, 0) is 46.9 Å². The molecule has 0 bridgehead atoms. The Labute approximate surface area is 256 Å². The van der Waals surface area contributed by atoms with Gasteiger partial charge < -0.3 is 33.9 Å². The van der Waals surface area contributed by atoms with Crippen molar-refractivity contribution in [1.29, 1.82) is 0 Å². The molecule has 0 aliphatic heterocycles. The van der Waals surface area contributed by atoms with E-state index in [1.165, 1.54) is 43.5 Å².